The summed E-state index contributed by atoms with van der Waals surface area (Å²) in [5.41, 5.74) is 1.06. The van der Waals surface area contributed by atoms with Crippen LogP contribution in [-0.2, 0) is 20.9 Å². The number of imide groups is 1. The first-order valence-corrected chi connectivity index (χ1v) is 10.3. The Morgan fingerprint density at radius 2 is 1.72 bits per heavy atom. The van der Waals surface area contributed by atoms with Crippen molar-refractivity contribution in [3.05, 3.63) is 60.2 Å². The maximum atomic E-state index is 12.5. The van der Waals surface area contributed by atoms with E-state index in [1.807, 2.05) is 24.3 Å². The third kappa shape index (κ3) is 5.92. The van der Waals surface area contributed by atoms with Crippen molar-refractivity contribution >= 4 is 34.6 Å². The molecule has 3 amide bonds. The normalized spacial score (nSPS) is 19.9. The van der Waals surface area contributed by atoms with Crippen LogP contribution in [0.3, 0.4) is 0 Å². The highest BCUT2D eigenvalue weighted by atomic mass is 16.4. The van der Waals surface area contributed by atoms with E-state index >= 15 is 0 Å². The highest BCUT2D eigenvalue weighted by molar-refractivity contribution is 5.96. The number of hydrogen-bond acceptors (Lipinski definition) is 5. The molecule has 0 aliphatic carbocycles. The number of carbonyl (C=O) groups excluding carboxylic acids is 2. The third-order valence-corrected chi connectivity index (χ3v) is 5.42. The molecule has 9 heteroatoms. The number of carboxylic acids is 2. The van der Waals surface area contributed by atoms with Crippen LogP contribution in [0.15, 0.2) is 54.6 Å². The fourth-order valence-corrected chi connectivity index (χ4v) is 3.96. The molecule has 32 heavy (non-hydrogen) atoms. The number of benzene rings is 2. The van der Waals surface area contributed by atoms with Crippen molar-refractivity contribution in [3.63, 3.8) is 0 Å². The van der Waals surface area contributed by atoms with Crippen molar-refractivity contribution in [3.8, 4) is 0 Å². The monoisotopic (exact) mass is 439 g/mol. The van der Waals surface area contributed by atoms with Crippen LogP contribution in [0.5, 0.6) is 0 Å². The van der Waals surface area contributed by atoms with E-state index in [1.165, 1.54) is 4.90 Å². The summed E-state index contributed by atoms with van der Waals surface area (Å²) in [7, 11) is 0. The van der Waals surface area contributed by atoms with Gasteiger partial charge in [0.25, 0.3) is 0 Å². The predicted molar refractivity (Wildman–Crippen MR) is 117 cm³/mol. The highest BCUT2D eigenvalue weighted by Gasteiger charge is 2.39. The Balaban J connectivity index is 0.000000312. The van der Waals surface area contributed by atoms with E-state index in [0.29, 0.717) is 37.7 Å². The van der Waals surface area contributed by atoms with E-state index in [1.54, 1.807) is 0 Å². The maximum absolute atomic E-state index is 12.5. The van der Waals surface area contributed by atoms with Crippen LogP contribution in [-0.4, -0.2) is 58.6 Å². The third-order valence-electron chi connectivity index (χ3n) is 5.42. The van der Waals surface area contributed by atoms with Crippen LogP contribution in [0.2, 0.25) is 0 Å². The second-order valence-corrected chi connectivity index (χ2v) is 7.71. The molecular formula is C23H25N3O6. The van der Waals surface area contributed by atoms with Crippen molar-refractivity contribution < 1.29 is 29.4 Å². The molecule has 0 radical (unpaired) electrons. The van der Waals surface area contributed by atoms with Gasteiger partial charge in [0.2, 0.25) is 5.91 Å². The molecule has 2 atom stereocenters. The number of aliphatic carboxylic acids is 2. The van der Waals surface area contributed by atoms with Gasteiger partial charge in [0.1, 0.15) is 0 Å². The summed E-state index contributed by atoms with van der Waals surface area (Å²) in [5.74, 6) is -2.24. The molecule has 4 N–H and O–H groups in total. The molecule has 2 aliphatic heterocycles. The second-order valence-electron chi connectivity index (χ2n) is 7.71. The molecule has 2 unspecified atom stereocenters. The topological polar surface area (TPSA) is 136 Å². The number of carbonyl (C=O) groups is 4. The van der Waals surface area contributed by atoms with Gasteiger partial charge in [-0.05, 0) is 35.2 Å². The maximum Gasteiger partial charge on any atom is 0.328 e. The van der Waals surface area contributed by atoms with Crippen molar-refractivity contribution in [2.75, 3.05) is 19.6 Å². The molecule has 2 saturated heterocycles. The van der Waals surface area contributed by atoms with Gasteiger partial charge in [-0.25, -0.2) is 14.4 Å². The Hall–Kier alpha value is -3.72. The van der Waals surface area contributed by atoms with E-state index in [9.17, 15) is 19.2 Å². The summed E-state index contributed by atoms with van der Waals surface area (Å²) >= 11 is 0. The molecule has 0 saturated carbocycles. The summed E-state index contributed by atoms with van der Waals surface area (Å²) in [4.78, 5) is 45.5. The van der Waals surface area contributed by atoms with Gasteiger partial charge in [-0.3, -0.25) is 9.69 Å². The number of piperidine rings is 2. The zero-order valence-electron chi connectivity index (χ0n) is 17.4. The van der Waals surface area contributed by atoms with Crippen LogP contribution in [0, 0.1) is 11.8 Å². The minimum absolute atomic E-state index is 0.0473. The fourth-order valence-electron chi connectivity index (χ4n) is 3.96. The van der Waals surface area contributed by atoms with Crippen LogP contribution in [0.4, 0.5) is 4.79 Å². The molecule has 9 nitrogen and oxygen atoms in total. The van der Waals surface area contributed by atoms with E-state index in [-0.39, 0.29) is 17.9 Å². The van der Waals surface area contributed by atoms with Crippen LogP contribution in [0.25, 0.3) is 10.8 Å². The molecule has 0 aromatic heterocycles. The number of carboxylic acid groups (broad SMARTS) is 2. The first kappa shape index (κ1) is 23.0. The average molecular weight is 439 g/mol. The van der Waals surface area contributed by atoms with Crippen molar-refractivity contribution in [1.82, 2.24) is 15.5 Å². The van der Waals surface area contributed by atoms with Gasteiger partial charge in [-0.2, -0.15) is 0 Å². The van der Waals surface area contributed by atoms with Crippen molar-refractivity contribution in [1.29, 1.82) is 0 Å². The quantitative estimate of drug-likeness (QED) is 0.534. The smallest absolute Gasteiger partial charge is 0.328 e. The van der Waals surface area contributed by atoms with Crippen LogP contribution < -0.4 is 10.6 Å². The van der Waals surface area contributed by atoms with E-state index < -0.39 is 11.9 Å². The zero-order chi connectivity index (χ0) is 23.1. The summed E-state index contributed by atoms with van der Waals surface area (Å²) < 4.78 is 0. The van der Waals surface area contributed by atoms with E-state index in [0.717, 1.165) is 29.3 Å². The fraction of sp³-hybridized carbons (Fsp3) is 0.304. The first-order chi connectivity index (χ1) is 15.3. The lowest BCUT2D eigenvalue weighted by Crippen LogP contribution is -2.58. The Kier molecular flexibility index (Phi) is 7.56. The average Bonchev–Trinajstić information content (AvgIpc) is 2.79. The van der Waals surface area contributed by atoms with Gasteiger partial charge in [0, 0.05) is 31.8 Å². The number of rotatable bonds is 4. The van der Waals surface area contributed by atoms with Crippen molar-refractivity contribution in [2.24, 2.45) is 11.8 Å². The first-order valence-electron chi connectivity index (χ1n) is 10.3. The van der Waals surface area contributed by atoms with Gasteiger partial charge in [0.15, 0.2) is 0 Å². The largest absolute Gasteiger partial charge is 0.478 e. The van der Waals surface area contributed by atoms with Crippen molar-refractivity contribution in [2.45, 2.75) is 13.0 Å². The number of hydrogen-bond donors (Lipinski definition) is 4. The number of nitrogens with zero attached hydrogens (tertiary/aromatic N) is 1. The molecule has 4 rings (SSSR count). The van der Waals surface area contributed by atoms with E-state index in [2.05, 4.69) is 28.8 Å². The molecule has 2 fully saturated rings. The van der Waals surface area contributed by atoms with Gasteiger partial charge in [-0.15, -0.1) is 0 Å². The summed E-state index contributed by atoms with van der Waals surface area (Å²) in [5, 5.41) is 24.1. The molecule has 0 spiro atoms. The molecule has 2 aromatic carbocycles. The highest BCUT2D eigenvalue weighted by Crippen LogP contribution is 2.26. The summed E-state index contributed by atoms with van der Waals surface area (Å²) in [6.45, 7) is 2.51. The number of fused-ring (bicyclic) bond motifs is 3. The molecular weight excluding hydrogens is 414 g/mol. The Morgan fingerprint density at radius 3 is 2.44 bits per heavy atom. The Morgan fingerprint density at radius 1 is 1.03 bits per heavy atom. The van der Waals surface area contributed by atoms with E-state index in [4.69, 9.17) is 10.2 Å². The number of likely N-dealkylation sites (tertiary alicyclic amines) is 1. The van der Waals surface area contributed by atoms with Crippen LogP contribution >= 0.6 is 0 Å². The van der Waals surface area contributed by atoms with Gasteiger partial charge in [0.05, 0.1) is 5.92 Å². The predicted octanol–water partition coefficient (Wildman–Crippen LogP) is 1.83. The second kappa shape index (κ2) is 10.5. The molecule has 2 aliphatic rings. The lowest BCUT2D eigenvalue weighted by atomic mass is 9.85. The number of nitrogens with one attached hydrogen (secondary N) is 2. The van der Waals surface area contributed by atoms with Gasteiger partial charge < -0.3 is 20.8 Å². The standard InChI is InChI=1S/C19H21N3O2.C4H4O4/c23-18-16-8-13(9-20-10-16)12-22(18)19(24)21-11-15-6-3-5-14-4-1-2-7-17(14)15;5-3(6)1-2-4(7)8/h1-7,13,16,20H,8-12H2,(H,21,24);1-2H,(H,5,6)(H,7,8)/b;2-1+. The summed E-state index contributed by atoms with van der Waals surface area (Å²) in [6.07, 6.45) is 2.02. The SMILES string of the molecule is O=C(NCc1cccc2ccccc12)N1CC2CNCC(C2)C1=O.O=C(O)/C=C/C(=O)O. The van der Waals surface area contributed by atoms with Gasteiger partial charge >= 0.3 is 18.0 Å². The zero-order valence-corrected chi connectivity index (χ0v) is 17.4. The lowest BCUT2D eigenvalue weighted by Gasteiger charge is -2.39. The molecule has 2 aromatic rings. The minimum atomic E-state index is -1.26. The van der Waals surface area contributed by atoms with Crippen LogP contribution in [0.1, 0.15) is 12.0 Å². The lowest BCUT2D eigenvalue weighted by molar-refractivity contribution is -0.137. The Labute approximate surface area is 184 Å². The number of urea groups is 1. The minimum Gasteiger partial charge on any atom is -0.478 e. The molecule has 2 bridgehead atoms. The molecule has 168 valence electrons. The van der Waals surface area contributed by atoms with Gasteiger partial charge in [-0.1, -0.05) is 42.5 Å². The summed E-state index contributed by atoms with van der Waals surface area (Å²) in [6, 6.07) is 13.9. The Bertz CT molecular complexity index is 1030. The number of amides is 3. The molecule has 2 heterocycles.